The Morgan fingerprint density at radius 2 is 1.62 bits per heavy atom. The van der Waals surface area contributed by atoms with E-state index in [2.05, 4.69) is 10.6 Å². The Bertz CT molecular complexity index is 1020. The van der Waals surface area contributed by atoms with Gasteiger partial charge in [-0.15, -0.1) is 0 Å². The van der Waals surface area contributed by atoms with Crippen LogP contribution in [0.4, 0.5) is 10.5 Å². The summed E-state index contributed by atoms with van der Waals surface area (Å²) in [7, 11) is 4.18. The molecule has 1 aliphatic heterocycles. The van der Waals surface area contributed by atoms with E-state index in [0.717, 1.165) is 0 Å². The van der Waals surface area contributed by atoms with Gasteiger partial charge in [0.25, 0.3) is 5.91 Å². The molecule has 0 saturated heterocycles. The summed E-state index contributed by atoms with van der Waals surface area (Å²) in [6.45, 7) is 0.158. The van der Waals surface area contributed by atoms with E-state index in [9.17, 15) is 14.4 Å². The number of rotatable bonds is 7. The fraction of sp³-hybridized carbons (Fsp3) is 0.286. The van der Waals surface area contributed by atoms with Crippen molar-refractivity contribution in [3.05, 3.63) is 35.9 Å². The lowest BCUT2D eigenvalue weighted by molar-refractivity contribution is -0.123. The molecular formula is C21H22N2O9. The molecule has 0 unspecified atom stereocenters. The number of hydrogen-bond acceptors (Lipinski definition) is 9. The molecule has 0 spiro atoms. The summed E-state index contributed by atoms with van der Waals surface area (Å²) in [4.78, 5) is 36.5. The molecule has 0 atom stereocenters. The monoisotopic (exact) mass is 446 g/mol. The Morgan fingerprint density at radius 1 is 0.906 bits per heavy atom. The third-order valence-corrected chi connectivity index (χ3v) is 4.31. The number of esters is 1. The number of amides is 3. The molecule has 32 heavy (non-hydrogen) atoms. The molecule has 1 heterocycles. The minimum Gasteiger partial charge on any atom is -0.493 e. The predicted octanol–water partition coefficient (Wildman–Crippen LogP) is 1.99. The van der Waals surface area contributed by atoms with E-state index in [1.54, 1.807) is 18.2 Å². The number of carbonyl (C=O) groups excluding carboxylic acids is 3. The van der Waals surface area contributed by atoms with Crippen LogP contribution in [0.15, 0.2) is 30.3 Å². The van der Waals surface area contributed by atoms with Gasteiger partial charge in [0.1, 0.15) is 18.8 Å². The summed E-state index contributed by atoms with van der Waals surface area (Å²) in [5.41, 5.74) is 0.422. The van der Waals surface area contributed by atoms with E-state index < -0.39 is 24.5 Å². The first-order valence-corrected chi connectivity index (χ1v) is 9.43. The second-order valence-corrected chi connectivity index (χ2v) is 6.32. The number of methoxy groups -OCH3 is 3. The summed E-state index contributed by atoms with van der Waals surface area (Å²) in [5.74, 6) is 0.0303. The fourth-order valence-corrected chi connectivity index (χ4v) is 2.92. The van der Waals surface area contributed by atoms with Crippen molar-refractivity contribution < 1.29 is 42.8 Å². The van der Waals surface area contributed by atoms with Gasteiger partial charge in [-0.05, 0) is 24.3 Å². The van der Waals surface area contributed by atoms with Gasteiger partial charge in [0.2, 0.25) is 5.75 Å². The van der Waals surface area contributed by atoms with Crippen LogP contribution in [0.1, 0.15) is 10.4 Å². The Hall–Kier alpha value is -4.15. The Kier molecular flexibility index (Phi) is 7.21. The van der Waals surface area contributed by atoms with Gasteiger partial charge < -0.3 is 33.7 Å². The first kappa shape index (κ1) is 22.5. The van der Waals surface area contributed by atoms with Crippen LogP contribution < -0.4 is 34.3 Å². The van der Waals surface area contributed by atoms with Gasteiger partial charge in [0.15, 0.2) is 29.6 Å². The number of nitrogens with one attached hydrogen (secondary N) is 2. The molecule has 3 rings (SSSR count). The Morgan fingerprint density at radius 3 is 2.31 bits per heavy atom. The number of imide groups is 1. The van der Waals surface area contributed by atoms with Gasteiger partial charge in [-0.1, -0.05) is 0 Å². The largest absolute Gasteiger partial charge is 0.493 e. The maximum Gasteiger partial charge on any atom is 0.342 e. The number of benzene rings is 2. The number of carbonyl (C=O) groups is 3. The Balaban J connectivity index is 1.55. The van der Waals surface area contributed by atoms with Gasteiger partial charge >= 0.3 is 12.0 Å². The van der Waals surface area contributed by atoms with E-state index in [1.165, 1.54) is 33.5 Å². The smallest absolute Gasteiger partial charge is 0.342 e. The predicted molar refractivity (Wildman–Crippen MR) is 111 cm³/mol. The molecule has 0 bridgehead atoms. The third kappa shape index (κ3) is 5.12. The average molecular weight is 446 g/mol. The van der Waals surface area contributed by atoms with Crippen molar-refractivity contribution in [2.45, 2.75) is 0 Å². The SMILES string of the molecule is COc1ccc(C(=O)OCC(=O)NC(=O)Nc2ccc3c(c2)OCCO3)c(OC)c1OC. The highest BCUT2D eigenvalue weighted by molar-refractivity contribution is 6.02. The highest BCUT2D eigenvalue weighted by Crippen LogP contribution is 2.40. The molecule has 11 heteroatoms. The molecule has 1 aliphatic rings. The van der Waals surface area contributed by atoms with Crippen LogP contribution in [-0.4, -0.2) is 59.1 Å². The van der Waals surface area contributed by atoms with Crippen LogP contribution in [0.25, 0.3) is 0 Å². The van der Waals surface area contributed by atoms with Crippen molar-refractivity contribution >= 4 is 23.6 Å². The molecule has 0 aromatic heterocycles. The molecule has 2 aromatic carbocycles. The lowest BCUT2D eigenvalue weighted by atomic mass is 10.1. The van der Waals surface area contributed by atoms with Crippen LogP contribution in [0.5, 0.6) is 28.7 Å². The second-order valence-electron chi connectivity index (χ2n) is 6.32. The maximum absolute atomic E-state index is 12.4. The molecular weight excluding hydrogens is 424 g/mol. The van der Waals surface area contributed by atoms with Gasteiger partial charge in [0, 0.05) is 11.8 Å². The maximum atomic E-state index is 12.4. The summed E-state index contributed by atoms with van der Waals surface area (Å²) < 4.78 is 31.4. The minimum absolute atomic E-state index is 0.0266. The third-order valence-electron chi connectivity index (χ3n) is 4.31. The highest BCUT2D eigenvalue weighted by atomic mass is 16.6. The molecule has 0 aliphatic carbocycles. The fourth-order valence-electron chi connectivity index (χ4n) is 2.92. The van der Waals surface area contributed by atoms with Crippen LogP contribution in [0.3, 0.4) is 0 Å². The molecule has 2 N–H and O–H groups in total. The lowest BCUT2D eigenvalue weighted by Crippen LogP contribution is -2.37. The summed E-state index contributed by atoms with van der Waals surface area (Å²) in [6.07, 6.45) is 0. The van der Waals surface area contributed by atoms with Crippen molar-refractivity contribution in [1.29, 1.82) is 0 Å². The van der Waals surface area contributed by atoms with Crippen LogP contribution in [0, 0.1) is 0 Å². The molecule has 11 nitrogen and oxygen atoms in total. The van der Waals surface area contributed by atoms with Crippen molar-refractivity contribution in [2.75, 3.05) is 46.5 Å². The molecule has 0 radical (unpaired) electrons. The van der Waals surface area contributed by atoms with Crippen molar-refractivity contribution in [1.82, 2.24) is 5.32 Å². The van der Waals surface area contributed by atoms with Crippen LogP contribution in [-0.2, 0) is 9.53 Å². The van der Waals surface area contributed by atoms with E-state index in [1.807, 2.05) is 0 Å². The molecule has 2 aromatic rings. The first-order chi connectivity index (χ1) is 15.5. The number of urea groups is 1. The summed E-state index contributed by atoms with van der Waals surface area (Å²) in [5, 5.41) is 4.56. The summed E-state index contributed by atoms with van der Waals surface area (Å²) >= 11 is 0. The standard InChI is InChI=1S/C21H22N2O9/c1-27-15-7-5-13(18(28-2)19(15)29-3)20(25)32-11-17(24)23-21(26)22-12-4-6-14-16(10-12)31-9-8-30-14/h4-7,10H,8-9,11H2,1-3H3,(H2,22,23,24,26). The zero-order chi connectivity index (χ0) is 23.1. The summed E-state index contributed by atoms with van der Waals surface area (Å²) in [6, 6.07) is 6.92. The average Bonchev–Trinajstić information content (AvgIpc) is 2.81. The van der Waals surface area contributed by atoms with Crippen LogP contribution in [0.2, 0.25) is 0 Å². The van der Waals surface area contributed by atoms with Gasteiger partial charge in [-0.2, -0.15) is 0 Å². The van der Waals surface area contributed by atoms with E-state index >= 15 is 0 Å². The van der Waals surface area contributed by atoms with E-state index in [-0.39, 0.29) is 17.1 Å². The zero-order valence-corrected chi connectivity index (χ0v) is 17.7. The van der Waals surface area contributed by atoms with Crippen molar-refractivity contribution in [3.8, 4) is 28.7 Å². The van der Waals surface area contributed by atoms with Crippen LogP contribution >= 0.6 is 0 Å². The van der Waals surface area contributed by atoms with Crippen molar-refractivity contribution in [2.24, 2.45) is 0 Å². The van der Waals surface area contributed by atoms with E-state index in [0.29, 0.717) is 36.1 Å². The topological polar surface area (TPSA) is 131 Å². The number of fused-ring (bicyclic) bond motifs is 1. The van der Waals surface area contributed by atoms with Gasteiger partial charge in [-0.3, -0.25) is 10.1 Å². The Labute approximate surface area is 183 Å². The number of anilines is 1. The molecule has 3 amide bonds. The van der Waals surface area contributed by atoms with E-state index in [4.69, 9.17) is 28.4 Å². The molecule has 0 fully saturated rings. The molecule has 170 valence electrons. The zero-order valence-electron chi connectivity index (χ0n) is 17.7. The highest BCUT2D eigenvalue weighted by Gasteiger charge is 2.22. The quantitative estimate of drug-likeness (QED) is 0.613. The number of ether oxygens (including phenoxy) is 6. The van der Waals surface area contributed by atoms with Gasteiger partial charge in [0.05, 0.1) is 21.3 Å². The second kappa shape index (κ2) is 10.2. The van der Waals surface area contributed by atoms with Gasteiger partial charge in [-0.25, -0.2) is 9.59 Å². The lowest BCUT2D eigenvalue weighted by Gasteiger charge is -2.19. The number of hydrogen-bond donors (Lipinski definition) is 2. The molecule has 0 saturated carbocycles. The minimum atomic E-state index is -0.842. The van der Waals surface area contributed by atoms with Crippen molar-refractivity contribution in [3.63, 3.8) is 0 Å². The normalized spacial score (nSPS) is 11.7. The first-order valence-electron chi connectivity index (χ1n) is 9.43.